The molecule has 1 aromatic heterocycles. The fourth-order valence-electron chi connectivity index (χ4n) is 1.64. The van der Waals surface area contributed by atoms with Crippen LogP contribution in [0.4, 0.5) is 0 Å². The molecule has 0 fully saturated rings. The first-order valence-corrected chi connectivity index (χ1v) is 7.06. The molecule has 20 heavy (non-hydrogen) atoms. The average molecular weight is 394 g/mol. The van der Waals surface area contributed by atoms with Gasteiger partial charge in [-0.3, -0.25) is 0 Å². The van der Waals surface area contributed by atoms with Crippen molar-refractivity contribution >= 4 is 29.9 Å². The fraction of sp³-hybridized carbons (Fsp3) is 0.769. The first kappa shape index (κ1) is 19.1. The maximum Gasteiger partial charge on any atom is 0.191 e. The smallest absolute Gasteiger partial charge is 0.191 e. The third kappa shape index (κ3) is 7.06. The molecule has 0 aliphatic rings. The number of rotatable bonds is 7. The molecule has 0 saturated carbocycles. The van der Waals surface area contributed by atoms with E-state index in [0.717, 1.165) is 37.8 Å². The third-order valence-electron chi connectivity index (χ3n) is 2.77. The Bertz CT molecular complexity index is 388. The van der Waals surface area contributed by atoms with Gasteiger partial charge in [0.05, 0.1) is 0 Å². The van der Waals surface area contributed by atoms with Crippen LogP contribution in [0.15, 0.2) is 11.3 Å². The van der Waals surface area contributed by atoms with Crippen LogP contribution in [0.2, 0.25) is 0 Å². The van der Waals surface area contributed by atoms with E-state index in [2.05, 4.69) is 53.5 Å². The van der Waals surface area contributed by atoms with Crippen LogP contribution in [0, 0.1) is 5.92 Å². The van der Waals surface area contributed by atoms with Crippen molar-refractivity contribution in [3.8, 4) is 0 Å². The van der Waals surface area contributed by atoms with Crippen LogP contribution in [-0.2, 0) is 13.1 Å². The molecule has 0 saturated heterocycles. The van der Waals surface area contributed by atoms with E-state index >= 15 is 0 Å². The first-order chi connectivity index (χ1) is 9.17. The average Bonchev–Trinajstić information content (AvgIpc) is 2.82. The summed E-state index contributed by atoms with van der Waals surface area (Å²) >= 11 is 0. The van der Waals surface area contributed by atoms with Crippen molar-refractivity contribution in [2.24, 2.45) is 10.9 Å². The Labute approximate surface area is 138 Å². The Hall–Kier alpha value is -0.860. The molecule has 0 spiro atoms. The molecule has 1 heterocycles. The summed E-state index contributed by atoms with van der Waals surface area (Å²) in [5.41, 5.74) is 0. The van der Waals surface area contributed by atoms with Gasteiger partial charge in [-0.05, 0) is 26.2 Å². The number of hydrogen-bond donors (Lipinski definition) is 2. The molecule has 0 bridgehead atoms. The summed E-state index contributed by atoms with van der Waals surface area (Å²) < 4.78 is 2.00. The number of aryl methyl sites for hydroxylation is 1. The molecule has 6 nitrogen and oxygen atoms in total. The van der Waals surface area contributed by atoms with Gasteiger partial charge in [0, 0.05) is 19.6 Å². The molecule has 1 rings (SSSR count). The molecular weight excluding hydrogens is 367 g/mol. The molecular formula is C13H27IN6. The Morgan fingerprint density at radius 1 is 1.35 bits per heavy atom. The fourth-order valence-corrected chi connectivity index (χ4v) is 1.64. The molecule has 116 valence electrons. The minimum absolute atomic E-state index is 0. The summed E-state index contributed by atoms with van der Waals surface area (Å²) in [4.78, 5) is 4.53. The van der Waals surface area contributed by atoms with Crippen molar-refractivity contribution in [3.05, 3.63) is 12.2 Å². The van der Waals surface area contributed by atoms with Gasteiger partial charge in [0.15, 0.2) is 11.8 Å². The van der Waals surface area contributed by atoms with Gasteiger partial charge < -0.3 is 15.2 Å². The van der Waals surface area contributed by atoms with Gasteiger partial charge in [-0.1, -0.05) is 13.8 Å². The summed E-state index contributed by atoms with van der Waals surface area (Å²) in [6.45, 7) is 11.8. The van der Waals surface area contributed by atoms with Gasteiger partial charge in [0.1, 0.15) is 12.9 Å². The molecule has 1 aromatic rings. The van der Waals surface area contributed by atoms with Crippen LogP contribution in [0.3, 0.4) is 0 Å². The predicted molar refractivity (Wildman–Crippen MR) is 93.4 cm³/mol. The maximum atomic E-state index is 4.53. The van der Waals surface area contributed by atoms with Gasteiger partial charge in [-0.25, -0.2) is 4.99 Å². The maximum absolute atomic E-state index is 4.53. The van der Waals surface area contributed by atoms with E-state index in [9.17, 15) is 0 Å². The molecule has 7 heteroatoms. The van der Waals surface area contributed by atoms with Gasteiger partial charge in [-0.15, -0.1) is 34.2 Å². The highest BCUT2D eigenvalue weighted by molar-refractivity contribution is 14.0. The molecule has 2 N–H and O–H groups in total. The number of halogens is 1. The molecule has 0 aliphatic carbocycles. The highest BCUT2D eigenvalue weighted by Gasteiger charge is 2.03. The van der Waals surface area contributed by atoms with Gasteiger partial charge >= 0.3 is 0 Å². The molecule has 0 aliphatic heterocycles. The molecule has 0 radical (unpaired) electrons. The molecule has 0 amide bonds. The quantitative estimate of drug-likeness (QED) is 0.422. The normalized spacial score (nSPS) is 11.3. The summed E-state index contributed by atoms with van der Waals surface area (Å²) in [6.07, 6.45) is 2.87. The van der Waals surface area contributed by atoms with E-state index < -0.39 is 0 Å². The second kappa shape index (κ2) is 10.9. The summed E-state index contributed by atoms with van der Waals surface area (Å²) in [5, 5.41) is 14.6. The SMILES string of the molecule is CCNC(=NCc1nncn1CC)NCCC(C)C.I. The molecule has 0 atom stereocenters. The van der Waals surface area contributed by atoms with Crippen LogP contribution in [-0.4, -0.2) is 33.8 Å². The Kier molecular flexibility index (Phi) is 10.4. The number of guanidine groups is 1. The van der Waals surface area contributed by atoms with E-state index in [1.165, 1.54) is 0 Å². The van der Waals surface area contributed by atoms with Crippen LogP contribution >= 0.6 is 24.0 Å². The van der Waals surface area contributed by atoms with Crippen LogP contribution in [0.5, 0.6) is 0 Å². The van der Waals surface area contributed by atoms with Crippen LogP contribution in [0.1, 0.15) is 39.9 Å². The second-order valence-electron chi connectivity index (χ2n) is 4.84. The monoisotopic (exact) mass is 394 g/mol. The van der Waals surface area contributed by atoms with Crippen molar-refractivity contribution in [1.82, 2.24) is 25.4 Å². The van der Waals surface area contributed by atoms with E-state index in [-0.39, 0.29) is 24.0 Å². The van der Waals surface area contributed by atoms with Crippen molar-refractivity contribution in [3.63, 3.8) is 0 Å². The number of hydrogen-bond acceptors (Lipinski definition) is 3. The third-order valence-corrected chi connectivity index (χ3v) is 2.77. The lowest BCUT2D eigenvalue weighted by Gasteiger charge is -2.12. The molecule has 0 aromatic carbocycles. The van der Waals surface area contributed by atoms with E-state index in [1.807, 2.05) is 4.57 Å². The standard InChI is InChI=1S/C13H26N6.HI/c1-5-14-13(15-8-7-11(3)4)16-9-12-18-17-10-19(12)6-2;/h10-11H,5-9H2,1-4H3,(H2,14,15,16);1H. The van der Waals surface area contributed by atoms with Crippen molar-refractivity contribution < 1.29 is 0 Å². The van der Waals surface area contributed by atoms with Gasteiger partial charge in [0.25, 0.3) is 0 Å². The molecule has 0 unspecified atom stereocenters. The minimum atomic E-state index is 0. The lowest BCUT2D eigenvalue weighted by molar-refractivity contribution is 0.573. The topological polar surface area (TPSA) is 67.1 Å². The van der Waals surface area contributed by atoms with E-state index in [0.29, 0.717) is 12.5 Å². The van der Waals surface area contributed by atoms with Crippen molar-refractivity contribution in [2.75, 3.05) is 13.1 Å². The second-order valence-corrected chi connectivity index (χ2v) is 4.84. The lowest BCUT2D eigenvalue weighted by atomic mass is 10.1. The minimum Gasteiger partial charge on any atom is -0.357 e. The Balaban J connectivity index is 0.00000361. The Morgan fingerprint density at radius 3 is 2.70 bits per heavy atom. The number of aromatic nitrogens is 3. The highest BCUT2D eigenvalue weighted by atomic mass is 127. The van der Waals surface area contributed by atoms with Crippen LogP contribution in [0.25, 0.3) is 0 Å². The first-order valence-electron chi connectivity index (χ1n) is 7.06. The van der Waals surface area contributed by atoms with E-state index in [4.69, 9.17) is 0 Å². The van der Waals surface area contributed by atoms with Crippen molar-refractivity contribution in [2.45, 2.75) is 47.2 Å². The zero-order valence-corrected chi connectivity index (χ0v) is 15.2. The lowest BCUT2D eigenvalue weighted by Crippen LogP contribution is -2.38. The summed E-state index contributed by atoms with van der Waals surface area (Å²) in [5.74, 6) is 2.43. The zero-order valence-electron chi connectivity index (χ0n) is 12.9. The van der Waals surface area contributed by atoms with Crippen LogP contribution < -0.4 is 10.6 Å². The van der Waals surface area contributed by atoms with E-state index in [1.54, 1.807) is 6.33 Å². The number of aliphatic imine (C=N–C) groups is 1. The van der Waals surface area contributed by atoms with Gasteiger partial charge in [0.2, 0.25) is 0 Å². The number of nitrogens with one attached hydrogen (secondary N) is 2. The largest absolute Gasteiger partial charge is 0.357 e. The highest BCUT2D eigenvalue weighted by Crippen LogP contribution is 1.98. The predicted octanol–water partition coefficient (Wildman–Crippen LogP) is 2.02. The zero-order chi connectivity index (χ0) is 14.1. The summed E-state index contributed by atoms with van der Waals surface area (Å²) in [7, 11) is 0. The van der Waals surface area contributed by atoms with Gasteiger partial charge in [-0.2, -0.15) is 0 Å². The number of nitrogens with zero attached hydrogens (tertiary/aromatic N) is 4. The van der Waals surface area contributed by atoms with Crippen molar-refractivity contribution in [1.29, 1.82) is 0 Å². The summed E-state index contributed by atoms with van der Waals surface area (Å²) in [6, 6.07) is 0. The Morgan fingerprint density at radius 2 is 2.10 bits per heavy atom.